The van der Waals surface area contributed by atoms with Crippen LogP contribution in [0.1, 0.15) is 27.7 Å². The summed E-state index contributed by atoms with van der Waals surface area (Å²) in [5, 5.41) is 3.35. The van der Waals surface area contributed by atoms with Gasteiger partial charge >= 0.3 is 0 Å². The maximum atomic E-state index is 11.8. The highest BCUT2D eigenvalue weighted by molar-refractivity contribution is 6.30. The minimum Gasteiger partial charge on any atom is -0.479 e. The summed E-state index contributed by atoms with van der Waals surface area (Å²) in [5.74, 6) is 0.223. The van der Waals surface area contributed by atoms with E-state index in [1.165, 1.54) is 0 Å². The molecule has 0 aromatic heterocycles. The number of carbonyl (C=O) groups is 1. The van der Waals surface area contributed by atoms with Gasteiger partial charge in [0, 0.05) is 16.6 Å². The van der Waals surface area contributed by atoms with Gasteiger partial charge in [-0.2, -0.15) is 0 Å². The van der Waals surface area contributed by atoms with E-state index in [9.17, 15) is 4.79 Å². The molecule has 0 spiro atoms. The summed E-state index contributed by atoms with van der Waals surface area (Å²) in [7, 11) is 0. The lowest BCUT2D eigenvalue weighted by atomic mass is 10.1. The first-order valence-electron chi connectivity index (χ1n) is 5.73. The van der Waals surface area contributed by atoms with Gasteiger partial charge in [-0.1, -0.05) is 11.6 Å². The molecule has 100 valence electrons. The van der Waals surface area contributed by atoms with E-state index in [1.54, 1.807) is 25.1 Å². The average Bonchev–Trinajstić information content (AvgIpc) is 2.21. The van der Waals surface area contributed by atoms with Crippen LogP contribution in [0.2, 0.25) is 5.02 Å². The molecule has 4 nitrogen and oxygen atoms in total. The van der Waals surface area contributed by atoms with Crippen LogP contribution in [0, 0.1) is 0 Å². The molecule has 1 rings (SSSR count). The second kappa shape index (κ2) is 5.48. The third-order valence-corrected chi connectivity index (χ3v) is 2.38. The molecular weight excluding hydrogens is 252 g/mol. The monoisotopic (exact) mass is 270 g/mol. The van der Waals surface area contributed by atoms with Crippen molar-refractivity contribution in [3.63, 3.8) is 0 Å². The summed E-state index contributed by atoms with van der Waals surface area (Å²) in [6.07, 6.45) is -0.634. The first kappa shape index (κ1) is 14.6. The molecule has 0 aliphatic heterocycles. The van der Waals surface area contributed by atoms with Crippen LogP contribution < -0.4 is 15.8 Å². The van der Waals surface area contributed by atoms with Crippen molar-refractivity contribution in [2.75, 3.05) is 5.73 Å². The van der Waals surface area contributed by atoms with Gasteiger partial charge in [0.2, 0.25) is 0 Å². The number of halogens is 1. The molecule has 0 aliphatic rings. The van der Waals surface area contributed by atoms with Gasteiger partial charge in [-0.15, -0.1) is 0 Å². The summed E-state index contributed by atoms with van der Waals surface area (Å²) in [4.78, 5) is 11.8. The molecule has 0 aliphatic carbocycles. The number of hydrogen-bond acceptors (Lipinski definition) is 3. The third kappa shape index (κ3) is 4.45. The fourth-order valence-electron chi connectivity index (χ4n) is 1.33. The molecule has 1 amide bonds. The largest absolute Gasteiger partial charge is 0.479 e. The minimum absolute atomic E-state index is 0.193. The standard InChI is InChI=1S/C13H19ClN2O2/c1-8(12(17)16-13(2,3)4)18-11-7-9(14)5-6-10(11)15/h5-8H,15H2,1-4H3,(H,16,17). The van der Waals surface area contributed by atoms with Gasteiger partial charge in [-0.25, -0.2) is 0 Å². The molecule has 1 unspecified atom stereocenters. The highest BCUT2D eigenvalue weighted by atomic mass is 35.5. The zero-order valence-corrected chi connectivity index (χ0v) is 11.8. The average molecular weight is 271 g/mol. The van der Waals surface area contributed by atoms with Crippen LogP contribution in [0.15, 0.2) is 18.2 Å². The Kier molecular flexibility index (Phi) is 4.46. The first-order chi connectivity index (χ1) is 8.19. The van der Waals surface area contributed by atoms with Gasteiger partial charge in [-0.3, -0.25) is 4.79 Å². The topological polar surface area (TPSA) is 64.3 Å². The van der Waals surface area contributed by atoms with Gasteiger partial charge in [0.15, 0.2) is 6.10 Å². The predicted octanol–water partition coefficient (Wildman–Crippen LogP) is 2.60. The molecule has 1 aromatic rings. The van der Waals surface area contributed by atoms with Gasteiger partial charge in [0.25, 0.3) is 5.91 Å². The zero-order valence-electron chi connectivity index (χ0n) is 11.1. The van der Waals surface area contributed by atoms with Crippen molar-refractivity contribution in [1.29, 1.82) is 0 Å². The fourth-order valence-corrected chi connectivity index (χ4v) is 1.49. The number of nitrogens with one attached hydrogen (secondary N) is 1. The second-order valence-electron chi connectivity index (χ2n) is 5.18. The molecular formula is C13H19ClN2O2. The van der Waals surface area contributed by atoms with Crippen molar-refractivity contribution in [1.82, 2.24) is 5.32 Å². The van der Waals surface area contributed by atoms with E-state index >= 15 is 0 Å². The third-order valence-electron chi connectivity index (χ3n) is 2.15. The van der Waals surface area contributed by atoms with Gasteiger partial charge in [0.1, 0.15) is 5.75 Å². The van der Waals surface area contributed by atoms with E-state index in [2.05, 4.69) is 5.32 Å². The molecule has 3 N–H and O–H groups in total. The smallest absolute Gasteiger partial charge is 0.261 e. The molecule has 1 aromatic carbocycles. The lowest BCUT2D eigenvalue weighted by Gasteiger charge is -2.24. The normalized spacial score (nSPS) is 12.9. The lowest BCUT2D eigenvalue weighted by Crippen LogP contribution is -2.46. The van der Waals surface area contributed by atoms with Gasteiger partial charge < -0.3 is 15.8 Å². The molecule has 5 heteroatoms. The van der Waals surface area contributed by atoms with Crippen LogP contribution in [-0.4, -0.2) is 17.6 Å². The number of amides is 1. The number of hydrogen-bond donors (Lipinski definition) is 2. The number of benzene rings is 1. The molecule has 0 heterocycles. The maximum Gasteiger partial charge on any atom is 0.261 e. The highest BCUT2D eigenvalue weighted by Gasteiger charge is 2.21. The van der Waals surface area contributed by atoms with E-state index < -0.39 is 6.10 Å². The van der Waals surface area contributed by atoms with E-state index in [0.29, 0.717) is 16.5 Å². The second-order valence-corrected chi connectivity index (χ2v) is 5.62. The molecule has 0 bridgehead atoms. The highest BCUT2D eigenvalue weighted by Crippen LogP contribution is 2.26. The minimum atomic E-state index is -0.634. The Morgan fingerprint density at radius 2 is 2.06 bits per heavy atom. The number of anilines is 1. The van der Waals surface area contributed by atoms with Gasteiger partial charge in [0.05, 0.1) is 5.69 Å². The van der Waals surface area contributed by atoms with Crippen LogP contribution in [0.4, 0.5) is 5.69 Å². The SMILES string of the molecule is CC(Oc1cc(Cl)ccc1N)C(=O)NC(C)(C)C. The molecule has 0 saturated heterocycles. The summed E-state index contributed by atoms with van der Waals surface area (Å²) < 4.78 is 5.51. The number of ether oxygens (including phenoxy) is 1. The lowest BCUT2D eigenvalue weighted by molar-refractivity contribution is -0.128. The van der Waals surface area contributed by atoms with Crippen molar-refractivity contribution in [2.24, 2.45) is 0 Å². The Morgan fingerprint density at radius 3 is 2.61 bits per heavy atom. The molecule has 18 heavy (non-hydrogen) atoms. The summed E-state index contributed by atoms with van der Waals surface area (Å²) >= 11 is 5.85. The Hall–Kier alpha value is -1.42. The number of nitrogen functional groups attached to an aromatic ring is 1. The van der Waals surface area contributed by atoms with Crippen molar-refractivity contribution in [3.05, 3.63) is 23.2 Å². The first-order valence-corrected chi connectivity index (χ1v) is 6.10. The summed E-state index contributed by atoms with van der Waals surface area (Å²) in [6, 6.07) is 4.91. The Morgan fingerprint density at radius 1 is 1.44 bits per heavy atom. The zero-order chi connectivity index (χ0) is 13.9. The van der Waals surface area contributed by atoms with Crippen LogP contribution in [0.5, 0.6) is 5.75 Å². The van der Waals surface area contributed by atoms with Crippen molar-refractivity contribution in [3.8, 4) is 5.75 Å². The quantitative estimate of drug-likeness (QED) is 0.830. The van der Waals surface area contributed by atoms with E-state index in [0.717, 1.165) is 0 Å². The summed E-state index contributed by atoms with van der Waals surface area (Å²) in [6.45, 7) is 7.39. The molecule has 1 atom stereocenters. The van der Waals surface area contributed by atoms with Crippen molar-refractivity contribution >= 4 is 23.2 Å². The number of carbonyl (C=O) groups excluding carboxylic acids is 1. The maximum absolute atomic E-state index is 11.8. The molecule has 0 fully saturated rings. The Bertz CT molecular complexity index is 441. The van der Waals surface area contributed by atoms with Crippen LogP contribution in [0.25, 0.3) is 0 Å². The molecule has 0 radical (unpaired) electrons. The van der Waals surface area contributed by atoms with Crippen molar-refractivity contribution < 1.29 is 9.53 Å². The molecule has 0 saturated carbocycles. The van der Waals surface area contributed by atoms with E-state index in [4.69, 9.17) is 22.1 Å². The van der Waals surface area contributed by atoms with Crippen LogP contribution in [0.3, 0.4) is 0 Å². The van der Waals surface area contributed by atoms with E-state index in [-0.39, 0.29) is 11.4 Å². The Balaban J connectivity index is 2.72. The fraction of sp³-hybridized carbons (Fsp3) is 0.462. The summed E-state index contributed by atoms with van der Waals surface area (Å²) in [5.41, 5.74) is 5.91. The van der Waals surface area contributed by atoms with Gasteiger partial charge in [-0.05, 0) is 39.8 Å². The van der Waals surface area contributed by atoms with E-state index in [1.807, 2.05) is 20.8 Å². The van der Waals surface area contributed by atoms with Crippen molar-refractivity contribution in [2.45, 2.75) is 39.3 Å². The predicted molar refractivity (Wildman–Crippen MR) is 73.9 cm³/mol. The van der Waals surface area contributed by atoms with Crippen LogP contribution >= 0.6 is 11.6 Å². The number of rotatable bonds is 3. The Labute approximate surface area is 112 Å². The van der Waals surface area contributed by atoms with Crippen LogP contribution in [-0.2, 0) is 4.79 Å². The number of nitrogens with two attached hydrogens (primary N) is 1.